The molecule has 0 spiro atoms. The molecular weight excluding hydrogens is 370 g/mol. The summed E-state index contributed by atoms with van der Waals surface area (Å²) in [7, 11) is 1.63. The topological polar surface area (TPSA) is 84.6 Å². The van der Waals surface area contributed by atoms with Crippen LogP contribution in [0, 0.1) is 12.8 Å². The molecule has 1 atom stereocenters. The Bertz CT molecular complexity index is 833. The maximum atomic E-state index is 13.3. The molecule has 1 unspecified atom stereocenters. The number of aryl methyl sites for hydroxylation is 1. The van der Waals surface area contributed by atoms with Crippen LogP contribution < -0.4 is 4.74 Å². The van der Waals surface area contributed by atoms with Crippen molar-refractivity contribution in [2.75, 3.05) is 26.7 Å². The lowest BCUT2D eigenvalue weighted by molar-refractivity contribution is -0.138. The molecule has 3 heterocycles. The number of hydrogen-bond donors (Lipinski definition) is 0. The van der Waals surface area contributed by atoms with Gasteiger partial charge in [0.1, 0.15) is 6.04 Å². The highest BCUT2D eigenvalue weighted by Crippen LogP contribution is 2.32. The van der Waals surface area contributed by atoms with Crippen molar-refractivity contribution in [3.63, 3.8) is 0 Å². The van der Waals surface area contributed by atoms with E-state index >= 15 is 0 Å². The molecule has 4 rings (SSSR count). The molecule has 1 amide bonds. The van der Waals surface area contributed by atoms with Crippen molar-refractivity contribution >= 4 is 5.91 Å². The number of hydrogen-bond acceptors (Lipinski definition) is 7. The fourth-order valence-electron chi connectivity index (χ4n) is 4.40. The van der Waals surface area contributed by atoms with E-state index in [1.807, 2.05) is 30.0 Å². The molecule has 2 fully saturated rings. The molecule has 8 nitrogen and oxygen atoms in total. The molecule has 1 aliphatic carbocycles. The number of carbonyl (C=O) groups excluding carboxylic acids is 1. The van der Waals surface area contributed by atoms with Crippen molar-refractivity contribution in [1.29, 1.82) is 0 Å². The molecule has 2 aliphatic rings. The lowest BCUT2D eigenvalue weighted by atomic mass is 10.0. The summed E-state index contributed by atoms with van der Waals surface area (Å²) in [6, 6.07) is 5.65. The van der Waals surface area contributed by atoms with Crippen LogP contribution in [0.15, 0.2) is 22.7 Å². The summed E-state index contributed by atoms with van der Waals surface area (Å²) in [6.07, 6.45) is 5.03. The van der Waals surface area contributed by atoms with Crippen LogP contribution in [0.5, 0.6) is 5.88 Å². The van der Waals surface area contributed by atoms with Crippen molar-refractivity contribution in [3.05, 3.63) is 35.6 Å². The highest BCUT2D eigenvalue weighted by atomic mass is 16.5. The number of rotatable bonds is 5. The molecular formula is C21H29N5O3. The maximum Gasteiger partial charge on any atom is 0.249 e. The lowest BCUT2D eigenvalue weighted by Crippen LogP contribution is -2.40. The Balaban J connectivity index is 1.51. The van der Waals surface area contributed by atoms with E-state index < -0.39 is 0 Å². The first-order valence-corrected chi connectivity index (χ1v) is 10.5. The van der Waals surface area contributed by atoms with Gasteiger partial charge in [0.15, 0.2) is 5.82 Å². The van der Waals surface area contributed by atoms with Crippen LogP contribution in [-0.2, 0) is 11.3 Å². The molecule has 0 bridgehead atoms. The number of nitrogens with zero attached hydrogens (tertiary/aromatic N) is 5. The Morgan fingerprint density at radius 2 is 2.00 bits per heavy atom. The summed E-state index contributed by atoms with van der Waals surface area (Å²) in [5, 5.41) is 3.96. The van der Waals surface area contributed by atoms with Gasteiger partial charge in [0, 0.05) is 38.2 Å². The summed E-state index contributed by atoms with van der Waals surface area (Å²) >= 11 is 0. The molecule has 2 aromatic heterocycles. The fraction of sp³-hybridized carbons (Fsp3) is 0.619. The third-order valence-corrected chi connectivity index (χ3v) is 5.94. The van der Waals surface area contributed by atoms with Crippen molar-refractivity contribution in [1.82, 2.24) is 24.9 Å². The standard InChI is InChI=1S/C21H29N5O3/c1-15-22-20(29-24-15)18-10-11-25(14-17-8-5-9-19(23-17)28-2)12-13-26(18)21(27)16-6-3-4-7-16/h5,8-9,16,18H,3-4,6-7,10-14H2,1-2H3. The molecule has 29 heavy (non-hydrogen) atoms. The monoisotopic (exact) mass is 399 g/mol. The minimum Gasteiger partial charge on any atom is -0.481 e. The first kappa shape index (κ1) is 19.8. The van der Waals surface area contributed by atoms with Gasteiger partial charge in [0.05, 0.1) is 12.8 Å². The zero-order chi connectivity index (χ0) is 20.2. The van der Waals surface area contributed by atoms with Crippen molar-refractivity contribution in [3.8, 4) is 5.88 Å². The maximum absolute atomic E-state index is 13.3. The molecule has 0 radical (unpaired) electrons. The molecule has 8 heteroatoms. The fourth-order valence-corrected chi connectivity index (χ4v) is 4.40. The Morgan fingerprint density at radius 3 is 2.72 bits per heavy atom. The highest BCUT2D eigenvalue weighted by molar-refractivity contribution is 5.79. The van der Waals surface area contributed by atoms with Crippen LogP contribution in [0.25, 0.3) is 0 Å². The van der Waals surface area contributed by atoms with Gasteiger partial charge in [0.25, 0.3) is 0 Å². The van der Waals surface area contributed by atoms with Gasteiger partial charge in [-0.25, -0.2) is 4.98 Å². The van der Waals surface area contributed by atoms with Crippen LogP contribution in [-0.4, -0.2) is 57.6 Å². The average molecular weight is 399 g/mol. The van der Waals surface area contributed by atoms with Gasteiger partial charge in [-0.1, -0.05) is 24.1 Å². The van der Waals surface area contributed by atoms with E-state index in [1.54, 1.807) is 7.11 Å². The quantitative estimate of drug-likeness (QED) is 0.764. The Kier molecular flexibility index (Phi) is 6.08. The van der Waals surface area contributed by atoms with Crippen LogP contribution in [0.2, 0.25) is 0 Å². The Hall–Kier alpha value is -2.48. The van der Waals surface area contributed by atoms with E-state index in [0.717, 1.165) is 57.4 Å². The van der Waals surface area contributed by atoms with E-state index in [2.05, 4.69) is 20.0 Å². The minimum absolute atomic E-state index is 0.133. The van der Waals surface area contributed by atoms with E-state index in [9.17, 15) is 4.79 Å². The van der Waals surface area contributed by atoms with Crippen LogP contribution >= 0.6 is 0 Å². The number of ether oxygens (including phenoxy) is 1. The van der Waals surface area contributed by atoms with Gasteiger partial charge in [-0.3, -0.25) is 9.69 Å². The van der Waals surface area contributed by atoms with Gasteiger partial charge in [-0.2, -0.15) is 4.98 Å². The van der Waals surface area contributed by atoms with Crippen LogP contribution in [0.3, 0.4) is 0 Å². The zero-order valence-electron chi connectivity index (χ0n) is 17.2. The summed E-state index contributed by atoms with van der Waals surface area (Å²) in [5.74, 6) is 2.15. The normalized spacial score (nSPS) is 21.3. The van der Waals surface area contributed by atoms with E-state index in [1.165, 1.54) is 0 Å². The largest absolute Gasteiger partial charge is 0.481 e. The van der Waals surface area contributed by atoms with Gasteiger partial charge < -0.3 is 14.2 Å². The molecule has 1 saturated carbocycles. The molecule has 0 aromatic carbocycles. The third-order valence-electron chi connectivity index (χ3n) is 5.94. The number of aromatic nitrogens is 3. The van der Waals surface area contributed by atoms with E-state index in [-0.39, 0.29) is 17.9 Å². The van der Waals surface area contributed by atoms with Gasteiger partial charge in [-0.05, 0) is 32.3 Å². The first-order valence-electron chi connectivity index (χ1n) is 10.5. The van der Waals surface area contributed by atoms with E-state index in [4.69, 9.17) is 9.26 Å². The van der Waals surface area contributed by atoms with Gasteiger partial charge in [0.2, 0.25) is 17.7 Å². The second-order valence-electron chi connectivity index (χ2n) is 7.94. The second-order valence-corrected chi connectivity index (χ2v) is 7.94. The van der Waals surface area contributed by atoms with Crippen LogP contribution in [0.4, 0.5) is 0 Å². The predicted octanol–water partition coefficient (Wildman–Crippen LogP) is 2.75. The summed E-state index contributed by atoms with van der Waals surface area (Å²) in [5.41, 5.74) is 0.963. The molecule has 1 aliphatic heterocycles. The lowest BCUT2D eigenvalue weighted by Gasteiger charge is -2.29. The zero-order valence-corrected chi connectivity index (χ0v) is 17.2. The highest BCUT2D eigenvalue weighted by Gasteiger charge is 2.36. The smallest absolute Gasteiger partial charge is 0.249 e. The third kappa shape index (κ3) is 4.58. The molecule has 2 aromatic rings. The molecule has 0 N–H and O–H groups in total. The van der Waals surface area contributed by atoms with Crippen molar-refractivity contribution < 1.29 is 14.1 Å². The Morgan fingerprint density at radius 1 is 1.17 bits per heavy atom. The number of carbonyl (C=O) groups is 1. The number of pyridine rings is 1. The second kappa shape index (κ2) is 8.90. The Labute approximate surface area is 171 Å². The summed E-state index contributed by atoms with van der Waals surface area (Å²) in [6.45, 7) is 4.82. The van der Waals surface area contributed by atoms with Crippen molar-refractivity contribution in [2.24, 2.45) is 5.92 Å². The van der Waals surface area contributed by atoms with Gasteiger partial charge >= 0.3 is 0 Å². The number of amides is 1. The molecule has 156 valence electrons. The predicted molar refractivity (Wildman–Crippen MR) is 106 cm³/mol. The van der Waals surface area contributed by atoms with E-state index in [0.29, 0.717) is 24.1 Å². The summed E-state index contributed by atoms with van der Waals surface area (Å²) in [4.78, 5) is 26.6. The average Bonchev–Trinajstić information content (AvgIpc) is 3.37. The number of methoxy groups -OCH3 is 1. The van der Waals surface area contributed by atoms with Crippen molar-refractivity contribution in [2.45, 2.75) is 51.6 Å². The first-order chi connectivity index (χ1) is 14.1. The SMILES string of the molecule is COc1cccc(CN2CCC(c3nc(C)no3)N(C(=O)C3CCCC3)CC2)n1. The summed E-state index contributed by atoms with van der Waals surface area (Å²) < 4.78 is 10.7. The molecule has 1 saturated heterocycles. The van der Waals surface area contributed by atoms with Crippen LogP contribution in [0.1, 0.15) is 55.6 Å². The minimum atomic E-state index is -0.160. The van der Waals surface area contributed by atoms with Gasteiger partial charge in [-0.15, -0.1) is 0 Å².